The number of nitrogen functional groups attached to an aromatic ring is 1. The first-order chi connectivity index (χ1) is 10.2. The zero-order chi connectivity index (χ0) is 15.1. The van der Waals surface area contributed by atoms with Crippen LogP contribution in [-0.4, -0.2) is 24.4 Å². The smallest absolute Gasteiger partial charge is 0.222 e. The quantitative estimate of drug-likeness (QED) is 0.828. The number of nitrogens with zero attached hydrogens (tertiary/aromatic N) is 1. The van der Waals surface area contributed by atoms with Gasteiger partial charge in [-0.3, -0.25) is 4.79 Å². The van der Waals surface area contributed by atoms with Crippen LogP contribution < -0.4 is 5.73 Å². The van der Waals surface area contributed by atoms with Crippen molar-refractivity contribution >= 4 is 11.6 Å². The first-order valence-electron chi connectivity index (χ1n) is 7.28. The van der Waals surface area contributed by atoms with E-state index in [0.717, 1.165) is 24.2 Å². The Morgan fingerprint density at radius 3 is 2.38 bits per heavy atom. The van der Waals surface area contributed by atoms with Gasteiger partial charge in [-0.1, -0.05) is 48.5 Å². The lowest BCUT2D eigenvalue weighted by Gasteiger charge is -2.17. The van der Waals surface area contributed by atoms with Crippen LogP contribution in [0, 0.1) is 0 Å². The van der Waals surface area contributed by atoms with Gasteiger partial charge >= 0.3 is 0 Å². The zero-order valence-corrected chi connectivity index (χ0v) is 12.5. The molecule has 21 heavy (non-hydrogen) atoms. The van der Waals surface area contributed by atoms with Crippen molar-refractivity contribution in [1.82, 2.24) is 4.90 Å². The summed E-state index contributed by atoms with van der Waals surface area (Å²) in [5.74, 6) is 0.161. The molecule has 0 atom stereocenters. The topological polar surface area (TPSA) is 46.3 Å². The van der Waals surface area contributed by atoms with Crippen molar-refractivity contribution in [3.05, 3.63) is 65.7 Å². The highest BCUT2D eigenvalue weighted by Crippen LogP contribution is 2.13. The fourth-order valence-electron chi connectivity index (χ4n) is 2.26. The molecule has 3 heteroatoms. The van der Waals surface area contributed by atoms with Crippen molar-refractivity contribution in [3.63, 3.8) is 0 Å². The Labute approximate surface area is 126 Å². The second-order valence-electron chi connectivity index (χ2n) is 5.25. The van der Waals surface area contributed by atoms with E-state index < -0.39 is 0 Å². The maximum absolute atomic E-state index is 12.1. The van der Waals surface area contributed by atoms with Crippen LogP contribution in [0.5, 0.6) is 0 Å². The Bertz CT molecular complexity index is 581. The van der Waals surface area contributed by atoms with Crippen LogP contribution in [0.3, 0.4) is 0 Å². The van der Waals surface area contributed by atoms with Crippen LogP contribution in [0.4, 0.5) is 5.69 Å². The molecule has 0 unspecified atom stereocenters. The largest absolute Gasteiger partial charge is 0.399 e. The van der Waals surface area contributed by atoms with E-state index in [-0.39, 0.29) is 5.91 Å². The van der Waals surface area contributed by atoms with Gasteiger partial charge in [0.05, 0.1) is 0 Å². The summed E-state index contributed by atoms with van der Waals surface area (Å²) >= 11 is 0. The van der Waals surface area contributed by atoms with Gasteiger partial charge in [0.25, 0.3) is 0 Å². The summed E-state index contributed by atoms with van der Waals surface area (Å²) in [7, 11) is 1.86. The maximum Gasteiger partial charge on any atom is 0.222 e. The number of hydrogen-bond donors (Lipinski definition) is 1. The Morgan fingerprint density at radius 1 is 1.00 bits per heavy atom. The molecule has 110 valence electrons. The van der Waals surface area contributed by atoms with Crippen LogP contribution in [0.1, 0.15) is 17.5 Å². The molecule has 3 nitrogen and oxygen atoms in total. The van der Waals surface area contributed by atoms with Crippen LogP contribution in [0.2, 0.25) is 0 Å². The summed E-state index contributed by atoms with van der Waals surface area (Å²) in [5, 5.41) is 0. The predicted molar refractivity (Wildman–Crippen MR) is 87.0 cm³/mol. The van der Waals surface area contributed by atoms with Crippen LogP contribution in [-0.2, 0) is 17.6 Å². The molecule has 0 spiro atoms. The van der Waals surface area contributed by atoms with Gasteiger partial charge in [-0.25, -0.2) is 0 Å². The highest BCUT2D eigenvalue weighted by molar-refractivity contribution is 5.76. The SMILES string of the molecule is CN(CCc1ccccc1)C(=O)CCc1ccccc1N. The van der Waals surface area contributed by atoms with Gasteiger partial charge in [-0.2, -0.15) is 0 Å². The molecular formula is C18H22N2O. The molecule has 2 aromatic carbocycles. The standard InChI is InChI=1S/C18H22N2O/c1-20(14-13-15-7-3-2-4-8-15)18(21)12-11-16-9-5-6-10-17(16)19/h2-10H,11-14,19H2,1H3. The van der Waals surface area contributed by atoms with E-state index >= 15 is 0 Å². The number of carbonyl (C=O) groups is 1. The molecule has 0 radical (unpaired) electrons. The number of aryl methyl sites for hydroxylation is 1. The first-order valence-corrected chi connectivity index (χ1v) is 7.28. The van der Waals surface area contributed by atoms with E-state index in [1.54, 1.807) is 4.90 Å². The predicted octanol–water partition coefficient (Wildman–Crippen LogP) is 2.90. The fraction of sp³-hybridized carbons (Fsp3) is 0.278. The molecule has 0 bridgehead atoms. The normalized spacial score (nSPS) is 10.3. The van der Waals surface area contributed by atoms with Gasteiger partial charge < -0.3 is 10.6 Å². The second-order valence-corrected chi connectivity index (χ2v) is 5.25. The summed E-state index contributed by atoms with van der Waals surface area (Å²) in [6.45, 7) is 0.743. The molecule has 1 amide bonds. The number of likely N-dealkylation sites (N-methyl/N-ethyl adjacent to an activating group) is 1. The van der Waals surface area contributed by atoms with Crippen molar-refractivity contribution in [3.8, 4) is 0 Å². The van der Waals surface area contributed by atoms with E-state index in [0.29, 0.717) is 12.8 Å². The number of anilines is 1. The molecule has 2 aromatic rings. The average Bonchev–Trinajstić information content (AvgIpc) is 2.52. The Hall–Kier alpha value is -2.29. The minimum atomic E-state index is 0.161. The number of carbonyl (C=O) groups excluding carboxylic acids is 1. The second kappa shape index (κ2) is 7.48. The Balaban J connectivity index is 1.79. The van der Waals surface area contributed by atoms with Crippen LogP contribution in [0.25, 0.3) is 0 Å². The number of para-hydroxylation sites is 1. The molecule has 0 saturated heterocycles. The summed E-state index contributed by atoms with van der Waals surface area (Å²) in [6.07, 6.45) is 2.08. The van der Waals surface area contributed by atoms with Crippen LogP contribution in [0.15, 0.2) is 54.6 Å². The third kappa shape index (κ3) is 4.63. The van der Waals surface area contributed by atoms with E-state index in [1.165, 1.54) is 5.56 Å². The van der Waals surface area contributed by atoms with E-state index in [4.69, 9.17) is 5.73 Å². The minimum absolute atomic E-state index is 0.161. The van der Waals surface area contributed by atoms with Gasteiger partial charge in [-0.15, -0.1) is 0 Å². The van der Waals surface area contributed by atoms with Crippen molar-refractivity contribution in [1.29, 1.82) is 0 Å². The fourth-order valence-corrected chi connectivity index (χ4v) is 2.26. The van der Waals surface area contributed by atoms with Gasteiger partial charge in [0.1, 0.15) is 0 Å². The summed E-state index contributed by atoms with van der Waals surface area (Å²) < 4.78 is 0. The van der Waals surface area contributed by atoms with Crippen molar-refractivity contribution in [2.75, 3.05) is 19.3 Å². The molecule has 0 aromatic heterocycles. The highest BCUT2D eigenvalue weighted by Gasteiger charge is 2.09. The lowest BCUT2D eigenvalue weighted by Crippen LogP contribution is -2.29. The third-order valence-corrected chi connectivity index (χ3v) is 3.67. The number of amides is 1. The van der Waals surface area contributed by atoms with E-state index in [1.807, 2.05) is 49.5 Å². The number of nitrogens with two attached hydrogens (primary N) is 1. The Morgan fingerprint density at radius 2 is 1.67 bits per heavy atom. The van der Waals surface area contributed by atoms with E-state index in [9.17, 15) is 4.79 Å². The van der Waals surface area contributed by atoms with E-state index in [2.05, 4.69) is 12.1 Å². The Kier molecular flexibility index (Phi) is 5.38. The van der Waals surface area contributed by atoms with Crippen molar-refractivity contribution in [2.24, 2.45) is 0 Å². The zero-order valence-electron chi connectivity index (χ0n) is 12.5. The van der Waals surface area contributed by atoms with Gasteiger partial charge in [-0.05, 0) is 30.0 Å². The summed E-state index contributed by atoms with van der Waals surface area (Å²) in [4.78, 5) is 13.9. The van der Waals surface area contributed by atoms with Crippen molar-refractivity contribution < 1.29 is 4.79 Å². The summed E-state index contributed by atoms with van der Waals surface area (Å²) in [5.41, 5.74) is 8.95. The monoisotopic (exact) mass is 282 g/mol. The average molecular weight is 282 g/mol. The van der Waals surface area contributed by atoms with Gasteiger partial charge in [0.15, 0.2) is 0 Å². The lowest BCUT2D eigenvalue weighted by atomic mass is 10.1. The number of hydrogen-bond acceptors (Lipinski definition) is 2. The molecule has 0 fully saturated rings. The van der Waals surface area contributed by atoms with Gasteiger partial charge in [0.2, 0.25) is 5.91 Å². The number of benzene rings is 2. The molecule has 0 aliphatic rings. The molecule has 0 aliphatic heterocycles. The molecule has 2 N–H and O–H groups in total. The molecule has 0 aliphatic carbocycles. The first kappa shape index (κ1) is 15.1. The molecule has 2 rings (SSSR count). The number of rotatable bonds is 6. The molecular weight excluding hydrogens is 260 g/mol. The minimum Gasteiger partial charge on any atom is -0.399 e. The van der Waals surface area contributed by atoms with Crippen molar-refractivity contribution in [2.45, 2.75) is 19.3 Å². The third-order valence-electron chi connectivity index (χ3n) is 3.67. The highest BCUT2D eigenvalue weighted by atomic mass is 16.2. The summed E-state index contributed by atoms with van der Waals surface area (Å²) in [6, 6.07) is 17.9. The molecule has 0 saturated carbocycles. The van der Waals surface area contributed by atoms with Crippen LogP contribution >= 0.6 is 0 Å². The maximum atomic E-state index is 12.1. The lowest BCUT2D eigenvalue weighted by molar-refractivity contribution is -0.129. The molecule has 0 heterocycles. The van der Waals surface area contributed by atoms with Gasteiger partial charge in [0, 0.05) is 25.7 Å².